The van der Waals surface area contributed by atoms with Crippen LogP contribution in [0.1, 0.15) is 16.8 Å². The molecule has 1 unspecified atom stereocenters. The van der Waals surface area contributed by atoms with Crippen LogP contribution in [0.15, 0.2) is 18.2 Å². The molecule has 0 aromatic heterocycles. The Hall–Kier alpha value is -0.630. The van der Waals surface area contributed by atoms with Gasteiger partial charge in [-0.2, -0.15) is 0 Å². The average molecular weight is 380 g/mol. The Bertz CT molecular complexity index is 580. The molecule has 1 aliphatic heterocycles. The van der Waals surface area contributed by atoms with Crippen molar-refractivity contribution in [2.45, 2.75) is 6.42 Å². The molecule has 1 aromatic rings. The molecule has 1 aromatic carbocycles. The Labute approximate surface area is 120 Å². The highest BCUT2D eigenvalue weighted by Crippen LogP contribution is 2.28. The van der Waals surface area contributed by atoms with E-state index in [1.807, 2.05) is 6.07 Å². The number of ketones is 1. The summed E-state index contributed by atoms with van der Waals surface area (Å²) in [5.74, 6) is 0.00841. The van der Waals surface area contributed by atoms with Gasteiger partial charge in [-0.1, -0.05) is 0 Å². The Kier molecular flexibility index (Phi) is 3.96. The Morgan fingerprint density at radius 1 is 1.44 bits per heavy atom. The number of sulfone groups is 1. The summed E-state index contributed by atoms with van der Waals surface area (Å²) < 4.78 is 28.9. The largest absolute Gasteiger partial charge is 0.496 e. The zero-order valence-corrected chi connectivity index (χ0v) is 12.8. The number of hydrogen-bond donors (Lipinski definition) is 0. The van der Waals surface area contributed by atoms with E-state index in [2.05, 4.69) is 22.6 Å². The summed E-state index contributed by atoms with van der Waals surface area (Å²) in [5.41, 5.74) is 0.478. The number of benzene rings is 1. The molecular formula is C12H13IO4S. The molecule has 1 aliphatic rings. The second kappa shape index (κ2) is 5.16. The minimum atomic E-state index is -3.04. The van der Waals surface area contributed by atoms with E-state index in [4.69, 9.17) is 4.74 Å². The normalized spacial score (nSPS) is 21.8. The van der Waals surface area contributed by atoms with Crippen LogP contribution in [-0.4, -0.2) is 32.8 Å². The topological polar surface area (TPSA) is 60.4 Å². The van der Waals surface area contributed by atoms with Gasteiger partial charge in [-0.25, -0.2) is 8.42 Å². The van der Waals surface area contributed by atoms with Gasteiger partial charge in [-0.3, -0.25) is 4.79 Å². The van der Waals surface area contributed by atoms with Gasteiger partial charge in [0.1, 0.15) is 5.75 Å². The van der Waals surface area contributed by atoms with Crippen molar-refractivity contribution in [1.82, 2.24) is 0 Å². The molecule has 1 saturated heterocycles. The summed E-state index contributed by atoms with van der Waals surface area (Å²) in [6.07, 6.45) is 0.412. The second-order valence-corrected chi connectivity index (χ2v) is 7.78. The summed E-state index contributed by atoms with van der Waals surface area (Å²) >= 11 is 2.12. The molecule has 1 atom stereocenters. The van der Waals surface area contributed by atoms with Crippen molar-refractivity contribution < 1.29 is 17.9 Å². The van der Waals surface area contributed by atoms with Crippen molar-refractivity contribution in [1.29, 1.82) is 0 Å². The SMILES string of the molecule is COc1ccc(I)cc1C(=O)C1CCS(=O)(=O)C1. The lowest BCUT2D eigenvalue weighted by atomic mass is 9.96. The van der Waals surface area contributed by atoms with Crippen molar-refractivity contribution in [3.63, 3.8) is 0 Å². The second-order valence-electron chi connectivity index (χ2n) is 4.31. The lowest BCUT2D eigenvalue weighted by Crippen LogP contribution is -2.17. The van der Waals surface area contributed by atoms with Crippen LogP contribution in [0.4, 0.5) is 0 Å². The van der Waals surface area contributed by atoms with E-state index in [9.17, 15) is 13.2 Å². The van der Waals surface area contributed by atoms with Gasteiger partial charge in [0, 0.05) is 9.49 Å². The fraction of sp³-hybridized carbons (Fsp3) is 0.417. The highest BCUT2D eigenvalue weighted by atomic mass is 127. The van der Waals surface area contributed by atoms with E-state index in [1.165, 1.54) is 7.11 Å². The smallest absolute Gasteiger partial charge is 0.170 e. The third kappa shape index (κ3) is 2.85. The standard InChI is InChI=1S/C12H13IO4S/c1-17-11-3-2-9(13)6-10(11)12(14)8-4-5-18(15,16)7-8/h2-3,6,8H,4-5,7H2,1H3. The number of methoxy groups -OCH3 is 1. The van der Waals surface area contributed by atoms with Crippen molar-refractivity contribution in [2.24, 2.45) is 5.92 Å². The fourth-order valence-electron chi connectivity index (χ4n) is 2.09. The molecule has 0 N–H and O–H groups in total. The molecule has 1 fully saturated rings. The van der Waals surface area contributed by atoms with Crippen LogP contribution in [0, 0.1) is 9.49 Å². The highest BCUT2D eigenvalue weighted by Gasteiger charge is 2.34. The van der Waals surface area contributed by atoms with E-state index < -0.39 is 15.8 Å². The summed E-state index contributed by atoms with van der Waals surface area (Å²) in [4.78, 5) is 12.3. The first-order valence-electron chi connectivity index (χ1n) is 5.51. The number of Topliss-reactive ketones (excluding diaryl/α,β-unsaturated/α-hetero) is 1. The zero-order valence-electron chi connectivity index (χ0n) is 9.85. The Balaban J connectivity index is 2.32. The van der Waals surface area contributed by atoms with Gasteiger partial charge in [0.15, 0.2) is 15.6 Å². The molecule has 0 aliphatic carbocycles. The van der Waals surface area contributed by atoms with Crippen LogP contribution < -0.4 is 4.74 Å². The average Bonchev–Trinajstić information content (AvgIpc) is 2.68. The van der Waals surface area contributed by atoms with Gasteiger partial charge < -0.3 is 4.74 Å². The van der Waals surface area contributed by atoms with Crippen LogP contribution in [0.25, 0.3) is 0 Å². The first-order chi connectivity index (χ1) is 8.43. The van der Waals surface area contributed by atoms with Crippen LogP contribution in [-0.2, 0) is 9.84 Å². The van der Waals surface area contributed by atoms with Crippen LogP contribution in [0.5, 0.6) is 5.75 Å². The van der Waals surface area contributed by atoms with Crippen molar-refractivity contribution >= 4 is 38.2 Å². The monoisotopic (exact) mass is 380 g/mol. The van der Waals surface area contributed by atoms with Crippen molar-refractivity contribution in [3.05, 3.63) is 27.3 Å². The lowest BCUT2D eigenvalue weighted by Gasteiger charge is -2.11. The van der Waals surface area contributed by atoms with Gasteiger partial charge in [0.05, 0.1) is 24.2 Å². The number of halogens is 1. The zero-order chi connectivity index (χ0) is 13.3. The molecule has 0 amide bonds. The van der Waals surface area contributed by atoms with Crippen molar-refractivity contribution in [2.75, 3.05) is 18.6 Å². The van der Waals surface area contributed by atoms with Crippen LogP contribution >= 0.6 is 22.6 Å². The summed E-state index contributed by atoms with van der Waals surface area (Å²) in [6.45, 7) is 0. The predicted molar refractivity (Wildman–Crippen MR) is 76.8 cm³/mol. The summed E-state index contributed by atoms with van der Waals surface area (Å²) in [7, 11) is -1.54. The lowest BCUT2D eigenvalue weighted by molar-refractivity contribution is 0.0930. The number of rotatable bonds is 3. The molecular weight excluding hydrogens is 367 g/mol. The molecule has 0 bridgehead atoms. The molecule has 18 heavy (non-hydrogen) atoms. The van der Waals surface area contributed by atoms with E-state index in [1.54, 1.807) is 12.1 Å². The number of carbonyl (C=O) groups is 1. The fourth-order valence-corrected chi connectivity index (χ4v) is 4.33. The minimum absolute atomic E-state index is 0.0412. The maximum absolute atomic E-state index is 12.3. The van der Waals surface area contributed by atoms with Crippen molar-refractivity contribution in [3.8, 4) is 5.75 Å². The molecule has 2 rings (SSSR count). The number of hydrogen-bond acceptors (Lipinski definition) is 4. The van der Waals surface area contributed by atoms with Gasteiger partial charge in [0.25, 0.3) is 0 Å². The molecule has 0 spiro atoms. The van der Waals surface area contributed by atoms with Gasteiger partial charge in [-0.15, -0.1) is 0 Å². The highest BCUT2D eigenvalue weighted by molar-refractivity contribution is 14.1. The van der Waals surface area contributed by atoms with Crippen LogP contribution in [0.3, 0.4) is 0 Å². The van der Waals surface area contributed by atoms with Gasteiger partial charge in [0.2, 0.25) is 0 Å². The summed E-state index contributed by atoms with van der Waals surface area (Å²) in [5, 5.41) is 0. The Morgan fingerprint density at radius 3 is 2.72 bits per heavy atom. The van der Waals surface area contributed by atoms with E-state index >= 15 is 0 Å². The molecule has 0 saturated carbocycles. The predicted octanol–water partition coefficient (Wildman–Crippen LogP) is 1.92. The quantitative estimate of drug-likeness (QED) is 0.594. The molecule has 4 nitrogen and oxygen atoms in total. The molecule has 98 valence electrons. The van der Waals surface area contributed by atoms with E-state index in [-0.39, 0.29) is 17.3 Å². The maximum Gasteiger partial charge on any atom is 0.170 e. The first kappa shape index (κ1) is 13.8. The molecule has 6 heteroatoms. The Morgan fingerprint density at radius 2 is 2.17 bits per heavy atom. The third-order valence-electron chi connectivity index (χ3n) is 3.03. The van der Waals surface area contributed by atoms with Gasteiger partial charge in [-0.05, 0) is 47.2 Å². The van der Waals surface area contributed by atoms with Gasteiger partial charge >= 0.3 is 0 Å². The first-order valence-corrected chi connectivity index (χ1v) is 8.41. The number of carbonyl (C=O) groups excluding carboxylic acids is 1. The maximum atomic E-state index is 12.3. The third-order valence-corrected chi connectivity index (χ3v) is 5.47. The summed E-state index contributed by atoms with van der Waals surface area (Å²) in [6, 6.07) is 5.33. The van der Waals surface area contributed by atoms with E-state index in [0.717, 1.165) is 3.57 Å². The molecule has 0 radical (unpaired) electrons. The number of ether oxygens (including phenoxy) is 1. The minimum Gasteiger partial charge on any atom is -0.496 e. The van der Waals surface area contributed by atoms with E-state index in [0.29, 0.717) is 17.7 Å². The van der Waals surface area contributed by atoms with Crippen LogP contribution in [0.2, 0.25) is 0 Å². The molecule has 1 heterocycles.